The van der Waals surface area contributed by atoms with Gasteiger partial charge in [0.1, 0.15) is 6.10 Å². The molecule has 3 aliphatic carbocycles. The fourth-order valence-corrected chi connectivity index (χ4v) is 6.52. The fraction of sp³-hybridized carbons (Fsp3) is 0.700. The Hall–Kier alpha value is -1.30. The lowest BCUT2D eigenvalue weighted by Gasteiger charge is -2.64. The number of phenolic OH excluding ortho intramolecular Hbond substituents is 1. The SMILES string of the molecule is NC1CC[C@@]2(O)[C@H]3Cc4ccc(O)c5c4[C@@]2(CCN3CC2CC2)C1O5. The summed E-state index contributed by atoms with van der Waals surface area (Å²) in [6, 6.07) is 3.84. The molecule has 2 aliphatic heterocycles. The van der Waals surface area contributed by atoms with Gasteiger partial charge in [0.15, 0.2) is 11.5 Å². The van der Waals surface area contributed by atoms with E-state index in [0.29, 0.717) is 5.75 Å². The molecule has 0 amide bonds. The number of aromatic hydroxyl groups is 1. The van der Waals surface area contributed by atoms with Gasteiger partial charge in [-0.15, -0.1) is 0 Å². The Morgan fingerprint density at radius 3 is 2.88 bits per heavy atom. The van der Waals surface area contributed by atoms with Crippen molar-refractivity contribution >= 4 is 0 Å². The van der Waals surface area contributed by atoms with Crippen LogP contribution in [-0.2, 0) is 11.8 Å². The highest BCUT2D eigenvalue weighted by molar-refractivity contribution is 5.62. The van der Waals surface area contributed by atoms with E-state index in [9.17, 15) is 10.2 Å². The second-order valence-electron chi connectivity index (χ2n) is 8.99. The normalized spacial score (nSPS) is 44.3. The highest BCUT2D eigenvalue weighted by atomic mass is 16.5. The van der Waals surface area contributed by atoms with Crippen molar-refractivity contribution in [3.63, 3.8) is 0 Å². The Morgan fingerprint density at radius 1 is 1.24 bits per heavy atom. The lowest BCUT2D eigenvalue weighted by atomic mass is 9.48. The van der Waals surface area contributed by atoms with Gasteiger partial charge in [0, 0.05) is 24.2 Å². The van der Waals surface area contributed by atoms with Gasteiger partial charge in [0.25, 0.3) is 0 Å². The summed E-state index contributed by atoms with van der Waals surface area (Å²) in [6.45, 7) is 2.10. The van der Waals surface area contributed by atoms with E-state index in [-0.39, 0.29) is 23.9 Å². The van der Waals surface area contributed by atoms with Crippen LogP contribution in [0.2, 0.25) is 0 Å². The monoisotopic (exact) mass is 342 g/mol. The maximum absolute atomic E-state index is 12.1. The predicted molar refractivity (Wildman–Crippen MR) is 92.8 cm³/mol. The molecule has 1 saturated heterocycles. The molecule has 25 heavy (non-hydrogen) atoms. The summed E-state index contributed by atoms with van der Waals surface area (Å²) in [5.41, 5.74) is 7.53. The zero-order valence-corrected chi connectivity index (χ0v) is 14.4. The maximum atomic E-state index is 12.1. The highest BCUT2D eigenvalue weighted by Crippen LogP contribution is 2.65. The molecular weight excluding hydrogens is 316 g/mol. The first-order chi connectivity index (χ1) is 12.0. The average molecular weight is 342 g/mol. The number of benzene rings is 1. The van der Waals surface area contributed by atoms with Crippen LogP contribution in [0.5, 0.6) is 11.5 Å². The third-order valence-electron chi connectivity index (χ3n) is 7.81. The minimum absolute atomic E-state index is 0.0892. The molecule has 134 valence electrons. The molecule has 1 aromatic rings. The van der Waals surface area contributed by atoms with Crippen molar-refractivity contribution in [2.24, 2.45) is 11.7 Å². The van der Waals surface area contributed by atoms with Gasteiger partial charge in [-0.3, -0.25) is 4.90 Å². The van der Waals surface area contributed by atoms with Gasteiger partial charge in [-0.2, -0.15) is 0 Å². The first-order valence-corrected chi connectivity index (χ1v) is 9.78. The second kappa shape index (κ2) is 4.51. The Labute approximate surface area is 147 Å². The lowest BCUT2D eigenvalue weighted by Crippen LogP contribution is -2.77. The Balaban J connectivity index is 1.57. The minimum atomic E-state index is -0.799. The van der Waals surface area contributed by atoms with Crippen molar-refractivity contribution in [2.75, 3.05) is 13.1 Å². The van der Waals surface area contributed by atoms with E-state index >= 15 is 0 Å². The molecule has 4 N–H and O–H groups in total. The van der Waals surface area contributed by atoms with Crippen LogP contribution in [0.3, 0.4) is 0 Å². The number of hydrogen-bond donors (Lipinski definition) is 3. The number of hydrogen-bond acceptors (Lipinski definition) is 5. The van der Waals surface area contributed by atoms with E-state index in [2.05, 4.69) is 4.90 Å². The Morgan fingerprint density at radius 2 is 2.08 bits per heavy atom. The fourth-order valence-electron chi connectivity index (χ4n) is 6.52. The molecule has 1 spiro atoms. The number of ether oxygens (including phenoxy) is 1. The molecule has 5 nitrogen and oxygen atoms in total. The van der Waals surface area contributed by atoms with E-state index < -0.39 is 11.0 Å². The van der Waals surface area contributed by atoms with Crippen LogP contribution in [0.4, 0.5) is 0 Å². The number of piperidine rings is 1. The van der Waals surface area contributed by atoms with Crippen LogP contribution in [0.25, 0.3) is 0 Å². The molecule has 6 rings (SSSR count). The number of aliphatic hydroxyl groups is 1. The summed E-state index contributed by atoms with van der Waals surface area (Å²) >= 11 is 0. The summed E-state index contributed by atoms with van der Waals surface area (Å²) in [7, 11) is 0. The number of nitrogens with zero attached hydrogens (tertiary/aromatic N) is 1. The smallest absolute Gasteiger partial charge is 0.165 e. The quantitative estimate of drug-likeness (QED) is 0.755. The number of rotatable bonds is 2. The van der Waals surface area contributed by atoms with Crippen molar-refractivity contribution in [1.82, 2.24) is 4.90 Å². The molecular formula is C20H26N2O3. The van der Waals surface area contributed by atoms with Crippen molar-refractivity contribution in [2.45, 2.75) is 67.7 Å². The van der Waals surface area contributed by atoms with E-state index in [1.165, 1.54) is 18.4 Å². The molecule has 2 bridgehead atoms. The maximum Gasteiger partial charge on any atom is 0.165 e. The van der Waals surface area contributed by atoms with E-state index in [0.717, 1.165) is 50.3 Å². The molecule has 2 saturated carbocycles. The van der Waals surface area contributed by atoms with Gasteiger partial charge in [0.05, 0.1) is 11.0 Å². The number of phenols is 1. The molecule has 2 heterocycles. The summed E-state index contributed by atoms with van der Waals surface area (Å²) < 4.78 is 6.26. The second-order valence-corrected chi connectivity index (χ2v) is 8.99. The molecule has 0 radical (unpaired) electrons. The molecule has 3 fully saturated rings. The zero-order valence-electron chi connectivity index (χ0n) is 14.4. The lowest BCUT2D eigenvalue weighted by molar-refractivity contribution is -0.189. The summed E-state index contributed by atoms with van der Waals surface area (Å²) in [6.07, 6.45) is 5.66. The van der Waals surface area contributed by atoms with Crippen molar-refractivity contribution in [1.29, 1.82) is 0 Å². The molecule has 2 unspecified atom stereocenters. The molecule has 0 aromatic heterocycles. The van der Waals surface area contributed by atoms with Crippen LogP contribution in [0, 0.1) is 5.92 Å². The first-order valence-electron chi connectivity index (χ1n) is 9.78. The first kappa shape index (κ1) is 14.8. The third kappa shape index (κ3) is 1.61. The van der Waals surface area contributed by atoms with Crippen LogP contribution >= 0.6 is 0 Å². The Bertz CT molecular complexity index is 764. The van der Waals surface area contributed by atoms with Gasteiger partial charge in [-0.05, 0) is 62.6 Å². The largest absolute Gasteiger partial charge is 0.504 e. The molecule has 1 aromatic carbocycles. The number of nitrogens with two attached hydrogens (primary N) is 1. The van der Waals surface area contributed by atoms with Crippen LogP contribution in [0.15, 0.2) is 12.1 Å². The molecule has 5 atom stereocenters. The van der Waals surface area contributed by atoms with E-state index in [1.54, 1.807) is 6.07 Å². The standard InChI is InChI=1S/C20H26N2O3/c21-13-5-6-20(24)15-9-12-3-4-14(23)17-16(12)19(20,18(13)25-17)7-8-22(15)10-11-1-2-11/h3-4,11,13,15,18,23-24H,1-2,5-10,21H2/t13?,15-,18?,19+,20-/m1/s1. The molecule has 5 aliphatic rings. The van der Waals surface area contributed by atoms with Gasteiger partial charge in [0.2, 0.25) is 0 Å². The van der Waals surface area contributed by atoms with Crippen molar-refractivity contribution in [3.8, 4) is 11.5 Å². The topological polar surface area (TPSA) is 79.0 Å². The summed E-state index contributed by atoms with van der Waals surface area (Å²) in [5, 5.41) is 22.5. The minimum Gasteiger partial charge on any atom is -0.504 e. The predicted octanol–water partition coefficient (Wildman–Crippen LogP) is 1.28. The van der Waals surface area contributed by atoms with Crippen LogP contribution in [-0.4, -0.2) is 52.0 Å². The number of likely N-dealkylation sites (tertiary alicyclic amines) is 1. The highest BCUT2D eigenvalue weighted by Gasteiger charge is 2.72. The average Bonchev–Trinajstić information content (AvgIpc) is 3.32. The van der Waals surface area contributed by atoms with Gasteiger partial charge >= 0.3 is 0 Å². The van der Waals surface area contributed by atoms with Crippen LogP contribution < -0.4 is 10.5 Å². The van der Waals surface area contributed by atoms with E-state index in [4.69, 9.17) is 10.5 Å². The van der Waals surface area contributed by atoms with Crippen LogP contribution in [0.1, 0.15) is 43.2 Å². The third-order valence-corrected chi connectivity index (χ3v) is 7.81. The van der Waals surface area contributed by atoms with Crippen molar-refractivity contribution < 1.29 is 14.9 Å². The van der Waals surface area contributed by atoms with Gasteiger partial charge < -0.3 is 20.7 Å². The summed E-state index contributed by atoms with van der Waals surface area (Å²) in [5.74, 6) is 1.60. The zero-order chi connectivity index (χ0) is 17.0. The van der Waals surface area contributed by atoms with Crippen molar-refractivity contribution in [3.05, 3.63) is 23.3 Å². The summed E-state index contributed by atoms with van der Waals surface area (Å²) in [4.78, 5) is 2.55. The van der Waals surface area contributed by atoms with Gasteiger partial charge in [-0.25, -0.2) is 0 Å². The van der Waals surface area contributed by atoms with Gasteiger partial charge in [-0.1, -0.05) is 6.07 Å². The van der Waals surface area contributed by atoms with E-state index in [1.807, 2.05) is 6.07 Å². The molecule has 5 heteroatoms. The Kier molecular flexibility index (Phi) is 2.67.